The Morgan fingerprint density at radius 3 is 2.94 bits per heavy atom. The predicted molar refractivity (Wildman–Crippen MR) is 127 cm³/mol. The summed E-state index contributed by atoms with van der Waals surface area (Å²) < 4.78 is 12.0. The van der Waals surface area contributed by atoms with Crippen molar-refractivity contribution in [2.24, 2.45) is 5.92 Å². The maximum Gasteiger partial charge on any atom is 0.309 e. The first-order chi connectivity index (χ1) is 15.5. The molecule has 0 spiro atoms. The molecule has 3 heterocycles. The van der Waals surface area contributed by atoms with Crippen molar-refractivity contribution in [3.63, 3.8) is 0 Å². The van der Waals surface area contributed by atoms with Crippen molar-refractivity contribution in [1.82, 2.24) is 4.90 Å². The van der Waals surface area contributed by atoms with E-state index in [2.05, 4.69) is 42.2 Å². The molecule has 1 aromatic heterocycles. The molecule has 1 aromatic carbocycles. The number of likely N-dealkylation sites (tertiary alicyclic amines) is 1. The first-order valence-corrected chi connectivity index (χ1v) is 11.9. The highest BCUT2D eigenvalue weighted by Crippen LogP contribution is 2.34. The molecule has 0 saturated carbocycles. The summed E-state index contributed by atoms with van der Waals surface area (Å²) >= 11 is 1.79. The minimum absolute atomic E-state index is 0.230. The molecule has 0 bridgehead atoms. The van der Waals surface area contributed by atoms with Crippen LogP contribution in [0.5, 0.6) is 11.5 Å². The van der Waals surface area contributed by atoms with E-state index in [9.17, 15) is 4.79 Å². The summed E-state index contributed by atoms with van der Waals surface area (Å²) in [6.07, 6.45) is 11.2. The molecule has 1 aliphatic carbocycles. The minimum Gasteiger partial charge on any atom is -0.488 e. The number of carboxylic acids is 1. The van der Waals surface area contributed by atoms with E-state index >= 15 is 0 Å². The highest BCUT2D eigenvalue weighted by molar-refractivity contribution is 7.12. The van der Waals surface area contributed by atoms with Gasteiger partial charge in [0.1, 0.15) is 24.7 Å². The van der Waals surface area contributed by atoms with Gasteiger partial charge in [-0.3, -0.25) is 9.69 Å². The van der Waals surface area contributed by atoms with E-state index in [1.807, 2.05) is 18.2 Å². The smallest absolute Gasteiger partial charge is 0.309 e. The normalized spacial score (nSPS) is 18.3. The van der Waals surface area contributed by atoms with Crippen molar-refractivity contribution in [2.75, 3.05) is 26.2 Å². The van der Waals surface area contributed by atoms with Crippen molar-refractivity contribution >= 4 is 29.0 Å². The van der Waals surface area contributed by atoms with E-state index in [1.54, 1.807) is 11.3 Å². The molecule has 5 rings (SSSR count). The summed E-state index contributed by atoms with van der Waals surface area (Å²) in [6.45, 7) is 5.23. The first-order valence-electron chi connectivity index (χ1n) is 11.1. The number of ether oxygens (including phenoxy) is 2. The molecule has 166 valence electrons. The van der Waals surface area contributed by atoms with Crippen LogP contribution in [0.1, 0.15) is 33.7 Å². The monoisotopic (exact) mass is 449 g/mol. The Morgan fingerprint density at radius 1 is 1.28 bits per heavy atom. The Bertz CT molecular complexity index is 1120. The summed E-state index contributed by atoms with van der Waals surface area (Å²) in [5.41, 5.74) is 4.84. The maximum absolute atomic E-state index is 11.0. The number of aliphatic carboxylic acids is 1. The van der Waals surface area contributed by atoms with E-state index in [0.29, 0.717) is 26.3 Å². The summed E-state index contributed by atoms with van der Waals surface area (Å²) in [4.78, 5) is 15.7. The third-order valence-electron chi connectivity index (χ3n) is 6.15. The lowest BCUT2D eigenvalue weighted by Crippen LogP contribution is -2.51. The zero-order chi connectivity index (χ0) is 22.1. The second-order valence-corrected chi connectivity index (χ2v) is 9.97. The lowest BCUT2D eigenvalue weighted by atomic mass is 9.98. The Balaban J connectivity index is 1.19. The molecule has 2 aliphatic heterocycles. The van der Waals surface area contributed by atoms with Crippen molar-refractivity contribution < 1.29 is 19.4 Å². The fraction of sp³-hybridized carbons (Fsp3) is 0.346. The van der Waals surface area contributed by atoms with Crippen LogP contribution in [0.2, 0.25) is 0 Å². The number of aryl methyl sites for hydroxylation is 1. The zero-order valence-electron chi connectivity index (χ0n) is 18.2. The van der Waals surface area contributed by atoms with E-state index in [-0.39, 0.29) is 5.92 Å². The van der Waals surface area contributed by atoms with Crippen LogP contribution in [0.15, 0.2) is 48.1 Å². The van der Waals surface area contributed by atoms with Gasteiger partial charge in [0, 0.05) is 41.0 Å². The average Bonchev–Trinajstić information content (AvgIpc) is 3.15. The Kier molecular flexibility index (Phi) is 5.89. The van der Waals surface area contributed by atoms with Gasteiger partial charge < -0.3 is 14.6 Å². The van der Waals surface area contributed by atoms with Crippen LogP contribution in [0.3, 0.4) is 0 Å². The highest BCUT2D eigenvalue weighted by Gasteiger charge is 2.32. The number of benzene rings is 1. The number of allylic oxidation sites excluding steroid dienone is 4. The number of hydrogen-bond donors (Lipinski definition) is 1. The van der Waals surface area contributed by atoms with Crippen molar-refractivity contribution in [1.29, 1.82) is 0 Å². The Hall–Kier alpha value is -2.83. The predicted octanol–water partition coefficient (Wildman–Crippen LogP) is 5.16. The zero-order valence-corrected chi connectivity index (χ0v) is 19.0. The number of nitrogens with zero attached hydrogens (tertiary/aromatic N) is 1. The topological polar surface area (TPSA) is 59.0 Å². The lowest BCUT2D eigenvalue weighted by molar-refractivity contribution is -0.147. The number of fused-ring (bicyclic) bond motifs is 1. The van der Waals surface area contributed by atoms with Gasteiger partial charge in [-0.15, -0.1) is 11.3 Å². The quantitative estimate of drug-likeness (QED) is 0.633. The highest BCUT2D eigenvalue weighted by atomic mass is 32.1. The molecule has 0 radical (unpaired) electrons. The lowest BCUT2D eigenvalue weighted by Gasteiger charge is -2.37. The average molecular weight is 450 g/mol. The maximum atomic E-state index is 11.0. The van der Waals surface area contributed by atoms with Crippen molar-refractivity contribution in [3.8, 4) is 11.5 Å². The summed E-state index contributed by atoms with van der Waals surface area (Å²) in [6, 6.07) is 8.22. The number of carbonyl (C=O) groups is 1. The summed E-state index contributed by atoms with van der Waals surface area (Å²) in [5, 5.41) is 9.02. The van der Waals surface area contributed by atoms with Crippen LogP contribution in [-0.4, -0.2) is 42.2 Å². The molecule has 1 N–H and O–H groups in total. The molecule has 0 atom stereocenters. The molecular weight excluding hydrogens is 422 g/mol. The molecule has 1 saturated heterocycles. The van der Waals surface area contributed by atoms with Crippen molar-refractivity contribution in [3.05, 3.63) is 68.9 Å². The Morgan fingerprint density at radius 2 is 2.16 bits per heavy atom. The van der Waals surface area contributed by atoms with Gasteiger partial charge in [-0.1, -0.05) is 18.2 Å². The molecule has 3 aliphatic rings. The molecule has 32 heavy (non-hydrogen) atoms. The van der Waals surface area contributed by atoms with Crippen LogP contribution < -0.4 is 9.47 Å². The van der Waals surface area contributed by atoms with Gasteiger partial charge in [-0.05, 0) is 60.8 Å². The molecule has 6 heteroatoms. The number of rotatable bonds is 7. The largest absolute Gasteiger partial charge is 0.488 e. The van der Waals surface area contributed by atoms with Gasteiger partial charge in [0.25, 0.3) is 0 Å². The van der Waals surface area contributed by atoms with Gasteiger partial charge >= 0.3 is 5.97 Å². The SMILES string of the molecule is Cc1sc(COc2ccc3c(c2)OCC(CN2CC(C(=O)O)C2)=C3)cc1C1=CCCC=C1. The molecule has 0 unspecified atom stereocenters. The van der Waals surface area contributed by atoms with E-state index < -0.39 is 5.97 Å². The molecule has 5 nitrogen and oxygen atoms in total. The van der Waals surface area contributed by atoms with Gasteiger partial charge in [0.15, 0.2) is 0 Å². The third kappa shape index (κ3) is 4.52. The molecule has 1 fully saturated rings. The second kappa shape index (κ2) is 8.96. The van der Waals surface area contributed by atoms with Crippen molar-refractivity contribution in [2.45, 2.75) is 26.4 Å². The fourth-order valence-electron chi connectivity index (χ4n) is 4.38. The van der Waals surface area contributed by atoms with Gasteiger partial charge in [-0.25, -0.2) is 0 Å². The van der Waals surface area contributed by atoms with Gasteiger partial charge in [-0.2, -0.15) is 0 Å². The van der Waals surface area contributed by atoms with Gasteiger partial charge in [0.05, 0.1) is 5.92 Å². The van der Waals surface area contributed by atoms with Crippen LogP contribution in [0, 0.1) is 12.8 Å². The summed E-state index contributed by atoms with van der Waals surface area (Å²) in [5.74, 6) is 0.701. The second-order valence-electron chi connectivity index (χ2n) is 8.63. The standard InChI is InChI=1S/C26H27NO4S/c1-17-24(19-5-3-2-4-6-19)11-23(32-17)16-30-22-8-7-20-9-18(15-31-25(20)10-22)12-27-13-21(14-27)26(28)29/h3,5-11,21H,2,4,12-16H2,1H3,(H,28,29). The van der Waals surface area contributed by atoms with Crippen LogP contribution >= 0.6 is 11.3 Å². The summed E-state index contributed by atoms with van der Waals surface area (Å²) in [7, 11) is 0. The van der Waals surface area contributed by atoms with Gasteiger partial charge in [0.2, 0.25) is 0 Å². The van der Waals surface area contributed by atoms with Crippen LogP contribution in [-0.2, 0) is 11.4 Å². The Labute approximate surface area is 192 Å². The molecular formula is C26H27NO4S. The van der Waals surface area contributed by atoms with Crippen LogP contribution in [0.4, 0.5) is 0 Å². The van der Waals surface area contributed by atoms with E-state index in [1.165, 1.54) is 26.5 Å². The number of carboxylic acid groups (broad SMARTS) is 1. The number of hydrogen-bond acceptors (Lipinski definition) is 5. The fourth-order valence-corrected chi connectivity index (χ4v) is 5.36. The van der Waals surface area contributed by atoms with Crippen LogP contribution in [0.25, 0.3) is 11.6 Å². The number of thiophene rings is 1. The molecule has 2 aromatic rings. The third-order valence-corrected chi connectivity index (χ3v) is 7.17. The van der Waals surface area contributed by atoms with E-state index in [4.69, 9.17) is 14.6 Å². The minimum atomic E-state index is -0.704. The molecule has 0 amide bonds. The first kappa shape index (κ1) is 21.0. The van der Waals surface area contributed by atoms with E-state index in [0.717, 1.165) is 36.4 Å².